The molecule has 0 saturated carbocycles. The number of nitrogens with zero attached hydrogens (tertiary/aromatic N) is 2. The van der Waals surface area contributed by atoms with Crippen LogP contribution in [0, 0.1) is 25.2 Å². The van der Waals surface area contributed by atoms with E-state index in [9.17, 15) is 18.5 Å². The minimum absolute atomic E-state index is 0. The highest BCUT2D eigenvalue weighted by Gasteiger charge is 2.20. The zero-order valence-electron chi connectivity index (χ0n) is 15.0. The van der Waals surface area contributed by atoms with Gasteiger partial charge in [0.15, 0.2) is 9.84 Å². The summed E-state index contributed by atoms with van der Waals surface area (Å²) in [6.45, 7) is 4.00. The number of hydrogen-bond donors (Lipinski definition) is 1. The van der Waals surface area contributed by atoms with Gasteiger partial charge in [0.2, 0.25) is 0 Å². The lowest BCUT2D eigenvalue weighted by atomic mass is 10.1. The van der Waals surface area contributed by atoms with E-state index in [0.717, 1.165) is 28.5 Å². The maximum Gasteiger partial charge on any atom is 0.263 e. The lowest BCUT2D eigenvalue weighted by Crippen LogP contribution is -2.22. The fourth-order valence-electron chi connectivity index (χ4n) is 2.83. The molecule has 0 spiro atoms. The topological polar surface area (TPSA) is 99.9 Å². The van der Waals surface area contributed by atoms with Crippen LogP contribution in [-0.2, 0) is 16.4 Å². The van der Waals surface area contributed by atoms with Crippen molar-refractivity contribution in [2.24, 2.45) is 0 Å². The fourth-order valence-corrected chi connectivity index (χ4v) is 4.62. The number of carbonyl (C=O) groups is 1. The van der Waals surface area contributed by atoms with E-state index in [1.54, 1.807) is 12.1 Å². The highest BCUT2D eigenvalue weighted by molar-refractivity contribution is 7.90. The monoisotopic (exact) mass is 415 g/mol. The number of carbonyl (C=O) groups excluding carboxylic acids is 1. The molecule has 0 aliphatic carbocycles. The van der Waals surface area contributed by atoms with Crippen molar-refractivity contribution in [3.05, 3.63) is 57.6 Å². The second kappa shape index (κ2) is 8.09. The predicted octanol–water partition coefficient (Wildman–Crippen LogP) is 3.75. The molecule has 1 N–H and O–H groups in total. The normalized spacial score (nSPS) is 10.9. The van der Waals surface area contributed by atoms with Crippen LogP contribution in [0.4, 0.5) is 0 Å². The van der Waals surface area contributed by atoms with Crippen molar-refractivity contribution in [1.82, 2.24) is 10.3 Å². The summed E-state index contributed by atoms with van der Waals surface area (Å²) in [5.74, 6) is -0.348. The molecule has 0 saturated heterocycles. The van der Waals surface area contributed by atoms with Crippen LogP contribution in [-0.4, -0.2) is 25.6 Å². The molecule has 3 rings (SSSR count). The summed E-state index contributed by atoms with van der Waals surface area (Å²) in [5, 5.41) is 13.0. The van der Waals surface area contributed by atoms with Crippen LogP contribution in [0.3, 0.4) is 0 Å². The largest absolute Gasteiger partial charge is 0.347 e. The van der Waals surface area contributed by atoms with Crippen LogP contribution in [0.15, 0.2) is 35.2 Å². The smallest absolute Gasteiger partial charge is 0.263 e. The van der Waals surface area contributed by atoms with E-state index in [2.05, 4.69) is 16.4 Å². The number of rotatable bonds is 4. The molecule has 1 amide bonds. The Labute approximate surface area is 168 Å². The highest BCUT2D eigenvalue weighted by Crippen LogP contribution is 2.32. The number of amides is 1. The quantitative estimate of drug-likeness (QED) is 0.699. The van der Waals surface area contributed by atoms with Crippen LogP contribution in [0.2, 0.25) is 0 Å². The van der Waals surface area contributed by atoms with Crippen LogP contribution in [0.1, 0.15) is 39.5 Å². The van der Waals surface area contributed by atoms with Gasteiger partial charge in [-0.1, -0.05) is 19.6 Å². The molecule has 146 valence electrons. The molecule has 0 bridgehead atoms. The molecule has 2 heterocycles. The molecule has 0 aliphatic heterocycles. The summed E-state index contributed by atoms with van der Waals surface area (Å²) < 4.78 is 23.0. The Bertz CT molecular complexity index is 1190. The summed E-state index contributed by atoms with van der Waals surface area (Å²) in [4.78, 5) is 18.3. The summed E-state index contributed by atoms with van der Waals surface area (Å²) in [7, 11) is -3.25. The average molecular weight is 416 g/mol. The first-order chi connectivity index (χ1) is 12.7. The third-order valence-corrected chi connectivity index (χ3v) is 6.32. The van der Waals surface area contributed by atoms with Gasteiger partial charge in [0.1, 0.15) is 15.8 Å². The van der Waals surface area contributed by atoms with E-state index in [4.69, 9.17) is 0 Å². The van der Waals surface area contributed by atoms with Crippen LogP contribution in [0.25, 0.3) is 10.2 Å². The Morgan fingerprint density at radius 3 is 2.46 bits per heavy atom. The van der Waals surface area contributed by atoms with E-state index in [1.807, 2.05) is 19.9 Å². The van der Waals surface area contributed by atoms with E-state index in [1.165, 1.54) is 23.5 Å². The minimum Gasteiger partial charge on any atom is -0.347 e. The maximum atomic E-state index is 12.6. The van der Waals surface area contributed by atoms with Gasteiger partial charge >= 0.3 is 0 Å². The maximum absolute atomic E-state index is 12.6. The molecule has 28 heavy (non-hydrogen) atoms. The standard InChI is InChI=1S/C19H17N3O3S2.CH4/c1-11-8-12(2)22-19-16(11)15(9-20)17(26-19)18(23)21-10-13-4-6-14(7-5-13)27(3,24)25;/h4-8H,10H2,1-3H3,(H,21,23);1H4. The Kier molecular flexibility index (Phi) is 6.22. The first-order valence-corrected chi connectivity index (χ1v) is 10.8. The number of benzene rings is 1. The first kappa shape index (κ1) is 21.5. The van der Waals surface area contributed by atoms with Crippen LogP contribution < -0.4 is 5.32 Å². The molecule has 1 aromatic carbocycles. The minimum atomic E-state index is -3.25. The van der Waals surface area contributed by atoms with E-state index in [0.29, 0.717) is 15.3 Å². The molecule has 8 heteroatoms. The van der Waals surface area contributed by atoms with Crippen LogP contribution in [0.5, 0.6) is 0 Å². The van der Waals surface area contributed by atoms with Crippen molar-refractivity contribution in [3.8, 4) is 6.07 Å². The van der Waals surface area contributed by atoms with Gasteiger partial charge in [-0.3, -0.25) is 4.79 Å². The first-order valence-electron chi connectivity index (χ1n) is 8.08. The highest BCUT2D eigenvalue weighted by atomic mass is 32.2. The molecule has 0 atom stereocenters. The van der Waals surface area contributed by atoms with Gasteiger partial charge in [-0.05, 0) is 43.2 Å². The second-order valence-corrected chi connectivity index (χ2v) is 9.29. The lowest BCUT2D eigenvalue weighted by molar-refractivity contribution is 0.0955. The third kappa shape index (κ3) is 4.21. The predicted molar refractivity (Wildman–Crippen MR) is 111 cm³/mol. The Morgan fingerprint density at radius 2 is 1.89 bits per heavy atom. The van der Waals surface area contributed by atoms with Gasteiger partial charge in [-0.15, -0.1) is 11.3 Å². The van der Waals surface area contributed by atoms with Crippen molar-refractivity contribution in [2.45, 2.75) is 32.7 Å². The number of hydrogen-bond acceptors (Lipinski definition) is 6. The Morgan fingerprint density at radius 1 is 1.25 bits per heavy atom. The molecule has 3 aromatic rings. The van der Waals surface area contributed by atoms with Crippen LogP contribution >= 0.6 is 11.3 Å². The second-order valence-electron chi connectivity index (χ2n) is 6.28. The molecule has 0 radical (unpaired) electrons. The van der Waals surface area contributed by atoms with Gasteiger partial charge in [-0.25, -0.2) is 13.4 Å². The molecule has 0 unspecified atom stereocenters. The number of sulfone groups is 1. The molecule has 0 aliphatic rings. The van der Waals surface area contributed by atoms with E-state index < -0.39 is 9.84 Å². The third-order valence-electron chi connectivity index (χ3n) is 4.11. The van der Waals surface area contributed by atoms with E-state index in [-0.39, 0.29) is 24.8 Å². The van der Waals surface area contributed by atoms with Crippen molar-refractivity contribution in [3.63, 3.8) is 0 Å². The lowest BCUT2D eigenvalue weighted by Gasteiger charge is -2.05. The molecule has 0 fully saturated rings. The summed E-state index contributed by atoms with van der Waals surface area (Å²) in [6.07, 6.45) is 1.15. The van der Waals surface area contributed by atoms with Crippen molar-refractivity contribution in [1.29, 1.82) is 5.26 Å². The van der Waals surface area contributed by atoms with Gasteiger partial charge in [0.05, 0.1) is 10.5 Å². The summed E-state index contributed by atoms with van der Waals surface area (Å²) in [5.41, 5.74) is 2.86. The Hall–Kier alpha value is -2.76. The molecule has 2 aromatic heterocycles. The van der Waals surface area contributed by atoms with Crippen molar-refractivity contribution in [2.75, 3.05) is 6.26 Å². The van der Waals surface area contributed by atoms with E-state index >= 15 is 0 Å². The zero-order valence-corrected chi connectivity index (χ0v) is 16.7. The van der Waals surface area contributed by atoms with Crippen molar-refractivity contribution >= 4 is 37.3 Å². The number of aromatic nitrogens is 1. The number of aryl methyl sites for hydroxylation is 2. The number of thiophene rings is 1. The average Bonchev–Trinajstić information content (AvgIpc) is 2.98. The number of nitriles is 1. The molecular weight excluding hydrogens is 394 g/mol. The summed E-state index contributed by atoms with van der Waals surface area (Å²) in [6, 6.07) is 10.3. The van der Waals surface area contributed by atoms with Gasteiger partial charge < -0.3 is 5.32 Å². The van der Waals surface area contributed by atoms with Crippen molar-refractivity contribution < 1.29 is 13.2 Å². The number of fused-ring (bicyclic) bond motifs is 1. The zero-order chi connectivity index (χ0) is 19.8. The number of nitrogens with one attached hydrogen (secondary N) is 1. The van der Waals surface area contributed by atoms with Gasteiger partial charge in [0, 0.05) is 23.9 Å². The summed E-state index contributed by atoms with van der Waals surface area (Å²) >= 11 is 1.20. The molecule has 6 nitrogen and oxygen atoms in total. The van der Waals surface area contributed by atoms with Gasteiger partial charge in [0.25, 0.3) is 5.91 Å². The number of pyridine rings is 1. The fraction of sp³-hybridized carbons (Fsp3) is 0.250. The molecular formula is C20H21N3O3S2. The SMILES string of the molecule is C.Cc1cc(C)c2c(C#N)c(C(=O)NCc3ccc(S(C)(=O)=O)cc3)sc2n1. The van der Waals surface area contributed by atoms with Gasteiger partial charge in [-0.2, -0.15) is 5.26 Å². The Balaban J connectivity index is 0.00000280.